The van der Waals surface area contributed by atoms with Gasteiger partial charge in [0.2, 0.25) is 0 Å². The maximum absolute atomic E-state index is 12.2. The average Bonchev–Trinajstić information content (AvgIpc) is 3.07. The van der Waals surface area contributed by atoms with Gasteiger partial charge in [-0.1, -0.05) is 13.8 Å². The van der Waals surface area contributed by atoms with Crippen molar-refractivity contribution in [1.82, 2.24) is 15.2 Å². The van der Waals surface area contributed by atoms with Crippen LogP contribution >= 0.6 is 0 Å². The maximum atomic E-state index is 12.2. The van der Waals surface area contributed by atoms with E-state index in [1.54, 1.807) is 20.1 Å². The number of ether oxygens (including phenoxy) is 2. The SMILES string of the molecule is CCOC(=O)c1cc(NC2CCC(OC)CC2)c2c(C(C)C)n[nH]c2n1. The maximum Gasteiger partial charge on any atom is 0.357 e. The molecule has 1 saturated carbocycles. The number of hydrogen-bond donors (Lipinski definition) is 2. The number of nitrogens with zero attached hydrogens (tertiary/aromatic N) is 2. The average molecular weight is 360 g/mol. The van der Waals surface area contributed by atoms with Gasteiger partial charge >= 0.3 is 5.97 Å². The van der Waals surface area contributed by atoms with E-state index >= 15 is 0 Å². The molecular weight excluding hydrogens is 332 g/mol. The second-order valence-corrected chi connectivity index (χ2v) is 7.12. The van der Waals surface area contributed by atoms with E-state index in [-0.39, 0.29) is 5.92 Å². The highest BCUT2D eigenvalue weighted by atomic mass is 16.5. The zero-order valence-corrected chi connectivity index (χ0v) is 16.0. The van der Waals surface area contributed by atoms with Crippen molar-refractivity contribution in [3.05, 3.63) is 17.5 Å². The van der Waals surface area contributed by atoms with Gasteiger partial charge in [-0.3, -0.25) is 5.10 Å². The fourth-order valence-electron chi connectivity index (χ4n) is 3.56. The number of H-pyrrole nitrogens is 1. The lowest BCUT2D eigenvalue weighted by Gasteiger charge is -2.29. The van der Waals surface area contributed by atoms with Crippen LogP contribution in [-0.2, 0) is 9.47 Å². The number of carbonyl (C=O) groups is 1. The van der Waals surface area contributed by atoms with Gasteiger partial charge < -0.3 is 14.8 Å². The van der Waals surface area contributed by atoms with E-state index in [2.05, 4.69) is 34.3 Å². The quantitative estimate of drug-likeness (QED) is 0.765. The van der Waals surface area contributed by atoms with Gasteiger partial charge in [-0.2, -0.15) is 5.10 Å². The van der Waals surface area contributed by atoms with Gasteiger partial charge in [-0.15, -0.1) is 0 Å². The Morgan fingerprint density at radius 2 is 2.08 bits per heavy atom. The molecule has 2 aromatic rings. The van der Waals surface area contributed by atoms with Crippen LogP contribution < -0.4 is 5.32 Å². The summed E-state index contributed by atoms with van der Waals surface area (Å²) in [6, 6.07) is 2.14. The smallest absolute Gasteiger partial charge is 0.357 e. The standard InChI is InChI=1S/C19H28N4O3/c1-5-26-19(24)15-10-14(20-12-6-8-13(25-4)9-7-12)16-17(11(2)3)22-23-18(16)21-15/h10-13H,5-9H2,1-4H3,(H2,20,21,22,23). The first-order chi connectivity index (χ1) is 12.5. The highest BCUT2D eigenvalue weighted by Gasteiger charge is 2.24. The number of anilines is 1. The van der Waals surface area contributed by atoms with Crippen LogP contribution in [0, 0.1) is 0 Å². The van der Waals surface area contributed by atoms with Crippen molar-refractivity contribution in [2.24, 2.45) is 0 Å². The number of aromatic amines is 1. The fourth-order valence-corrected chi connectivity index (χ4v) is 3.56. The Bertz CT molecular complexity index is 763. The van der Waals surface area contributed by atoms with Crippen molar-refractivity contribution in [2.75, 3.05) is 19.0 Å². The highest BCUT2D eigenvalue weighted by Crippen LogP contribution is 2.32. The van der Waals surface area contributed by atoms with Crippen LogP contribution in [0.3, 0.4) is 0 Å². The lowest BCUT2D eigenvalue weighted by molar-refractivity contribution is 0.0520. The molecule has 7 nitrogen and oxygen atoms in total. The van der Waals surface area contributed by atoms with Crippen LogP contribution in [0.2, 0.25) is 0 Å². The minimum absolute atomic E-state index is 0.253. The number of hydrogen-bond acceptors (Lipinski definition) is 6. The Morgan fingerprint density at radius 1 is 1.35 bits per heavy atom. The van der Waals surface area contributed by atoms with Crippen molar-refractivity contribution in [2.45, 2.75) is 64.5 Å². The summed E-state index contributed by atoms with van der Waals surface area (Å²) < 4.78 is 10.6. The Labute approximate surface area is 153 Å². The van der Waals surface area contributed by atoms with E-state index in [0.29, 0.717) is 30.1 Å². The number of methoxy groups -OCH3 is 1. The van der Waals surface area contributed by atoms with Crippen LogP contribution in [-0.4, -0.2) is 47.0 Å². The third-order valence-corrected chi connectivity index (χ3v) is 4.96. The van der Waals surface area contributed by atoms with E-state index in [9.17, 15) is 4.79 Å². The molecule has 1 fully saturated rings. The van der Waals surface area contributed by atoms with Crippen LogP contribution in [0.4, 0.5) is 5.69 Å². The third kappa shape index (κ3) is 3.82. The zero-order chi connectivity index (χ0) is 18.7. The van der Waals surface area contributed by atoms with Gasteiger partial charge in [0.05, 0.1) is 23.8 Å². The van der Waals surface area contributed by atoms with Crippen molar-refractivity contribution >= 4 is 22.7 Å². The number of fused-ring (bicyclic) bond motifs is 1. The minimum Gasteiger partial charge on any atom is -0.461 e. The largest absolute Gasteiger partial charge is 0.461 e. The molecule has 0 amide bonds. The lowest BCUT2D eigenvalue weighted by Crippen LogP contribution is -2.29. The molecule has 0 spiro atoms. The number of aromatic nitrogens is 3. The van der Waals surface area contributed by atoms with Crippen molar-refractivity contribution in [3.63, 3.8) is 0 Å². The lowest BCUT2D eigenvalue weighted by atomic mass is 9.92. The van der Waals surface area contributed by atoms with Crippen LogP contribution in [0.15, 0.2) is 6.07 Å². The summed E-state index contributed by atoms with van der Waals surface area (Å²) in [7, 11) is 1.77. The first-order valence-electron chi connectivity index (χ1n) is 9.38. The van der Waals surface area contributed by atoms with E-state index in [4.69, 9.17) is 9.47 Å². The first kappa shape index (κ1) is 18.6. The molecule has 7 heteroatoms. The summed E-state index contributed by atoms with van der Waals surface area (Å²) in [6.45, 7) is 6.31. The Morgan fingerprint density at radius 3 is 2.69 bits per heavy atom. The summed E-state index contributed by atoms with van der Waals surface area (Å²) >= 11 is 0. The molecule has 0 aliphatic heterocycles. The Hall–Kier alpha value is -2.15. The third-order valence-electron chi connectivity index (χ3n) is 4.96. The Balaban J connectivity index is 1.94. The molecule has 26 heavy (non-hydrogen) atoms. The molecule has 0 saturated heterocycles. The molecule has 142 valence electrons. The summed E-state index contributed by atoms with van der Waals surface area (Å²) in [5.74, 6) is -0.162. The molecule has 0 aromatic carbocycles. The molecular formula is C19H28N4O3. The van der Waals surface area contributed by atoms with Gasteiger partial charge in [-0.05, 0) is 44.6 Å². The summed E-state index contributed by atoms with van der Waals surface area (Å²) in [6.07, 6.45) is 4.49. The summed E-state index contributed by atoms with van der Waals surface area (Å²) in [5, 5.41) is 12.0. The fraction of sp³-hybridized carbons (Fsp3) is 0.632. The monoisotopic (exact) mass is 360 g/mol. The molecule has 3 rings (SSSR count). The van der Waals surface area contributed by atoms with E-state index in [1.807, 2.05) is 0 Å². The van der Waals surface area contributed by atoms with Crippen LogP contribution in [0.5, 0.6) is 0 Å². The van der Waals surface area contributed by atoms with E-state index < -0.39 is 5.97 Å². The second-order valence-electron chi connectivity index (χ2n) is 7.12. The van der Waals surface area contributed by atoms with Crippen molar-refractivity contribution in [3.8, 4) is 0 Å². The van der Waals surface area contributed by atoms with E-state index in [0.717, 1.165) is 42.5 Å². The molecule has 2 aromatic heterocycles. The molecule has 0 atom stereocenters. The van der Waals surface area contributed by atoms with Gasteiger partial charge in [0.25, 0.3) is 0 Å². The van der Waals surface area contributed by atoms with Crippen LogP contribution in [0.25, 0.3) is 11.0 Å². The number of carbonyl (C=O) groups excluding carboxylic acids is 1. The normalized spacial score (nSPS) is 20.5. The second kappa shape index (κ2) is 8.03. The number of pyridine rings is 1. The highest BCUT2D eigenvalue weighted by molar-refractivity contribution is 5.98. The van der Waals surface area contributed by atoms with Gasteiger partial charge in [0.15, 0.2) is 11.3 Å². The van der Waals surface area contributed by atoms with Crippen molar-refractivity contribution < 1.29 is 14.3 Å². The molecule has 0 radical (unpaired) electrons. The minimum atomic E-state index is -0.416. The Kier molecular flexibility index (Phi) is 5.76. The predicted molar refractivity (Wildman–Crippen MR) is 101 cm³/mol. The zero-order valence-electron chi connectivity index (χ0n) is 16.0. The molecule has 2 N–H and O–H groups in total. The van der Waals surface area contributed by atoms with Gasteiger partial charge in [-0.25, -0.2) is 9.78 Å². The number of rotatable bonds is 6. The first-order valence-corrected chi connectivity index (χ1v) is 9.38. The molecule has 1 aliphatic carbocycles. The number of esters is 1. The molecule has 2 heterocycles. The summed E-state index contributed by atoms with van der Waals surface area (Å²) in [4.78, 5) is 16.6. The topological polar surface area (TPSA) is 89.1 Å². The van der Waals surface area contributed by atoms with Gasteiger partial charge in [0.1, 0.15) is 0 Å². The van der Waals surface area contributed by atoms with Gasteiger partial charge in [0, 0.05) is 18.8 Å². The molecule has 0 bridgehead atoms. The summed E-state index contributed by atoms with van der Waals surface area (Å²) in [5.41, 5.74) is 2.77. The molecule has 0 unspecified atom stereocenters. The predicted octanol–water partition coefficient (Wildman–Crippen LogP) is 3.63. The van der Waals surface area contributed by atoms with E-state index in [1.165, 1.54) is 0 Å². The van der Waals surface area contributed by atoms with Crippen LogP contribution in [0.1, 0.15) is 68.6 Å². The molecule has 1 aliphatic rings. The number of nitrogens with one attached hydrogen (secondary N) is 2. The van der Waals surface area contributed by atoms with Crippen molar-refractivity contribution in [1.29, 1.82) is 0 Å².